The van der Waals surface area contributed by atoms with E-state index >= 15 is 0 Å². The van der Waals surface area contributed by atoms with Gasteiger partial charge in [0.15, 0.2) is 9.84 Å². The summed E-state index contributed by atoms with van der Waals surface area (Å²) < 4.78 is 63.6. The molecule has 1 heterocycles. The Morgan fingerprint density at radius 1 is 1.16 bits per heavy atom. The molecule has 0 aromatic heterocycles. The van der Waals surface area contributed by atoms with Gasteiger partial charge in [-0.05, 0) is 55.5 Å². The first-order chi connectivity index (χ1) is 17.9. The maximum Gasteiger partial charge on any atom is 0.416 e. The number of piperidine rings is 1. The van der Waals surface area contributed by atoms with Crippen molar-refractivity contribution in [2.45, 2.75) is 70.1 Å². The number of hydrogen-bond donors (Lipinski definition) is 1. The fourth-order valence-electron chi connectivity index (χ4n) is 4.88. The monoisotopic (exact) mass is 551 g/mol. The second-order valence-electron chi connectivity index (χ2n) is 9.84. The molecular weight excluding hydrogens is 515 g/mol. The molecule has 10 heteroatoms. The van der Waals surface area contributed by atoms with Gasteiger partial charge in [-0.3, -0.25) is 0 Å². The van der Waals surface area contributed by atoms with E-state index in [1.54, 1.807) is 23.1 Å². The number of carbonyl (C=O) groups is 1. The average Bonchev–Trinajstić information content (AvgIpc) is 2.87. The molecule has 1 fully saturated rings. The third kappa shape index (κ3) is 8.33. The molecule has 0 saturated carbocycles. The summed E-state index contributed by atoms with van der Waals surface area (Å²) in [4.78, 5) is 17.5. The molecule has 1 aliphatic rings. The van der Waals surface area contributed by atoms with Gasteiger partial charge in [0.1, 0.15) is 0 Å². The third-order valence-electron chi connectivity index (χ3n) is 6.94. The highest BCUT2D eigenvalue weighted by molar-refractivity contribution is 7.93. The number of urea groups is 1. The lowest BCUT2D eigenvalue weighted by Crippen LogP contribution is -2.50. The van der Waals surface area contributed by atoms with Crippen LogP contribution in [0.5, 0.6) is 0 Å². The van der Waals surface area contributed by atoms with Gasteiger partial charge < -0.3 is 15.1 Å². The van der Waals surface area contributed by atoms with Gasteiger partial charge in [0.2, 0.25) is 0 Å². The van der Waals surface area contributed by atoms with E-state index in [0.717, 1.165) is 61.9 Å². The fraction of sp³-hybridized carbons (Fsp3) is 0.464. The largest absolute Gasteiger partial charge is 0.416 e. The molecule has 1 unspecified atom stereocenters. The Kier molecular flexibility index (Phi) is 10.0. The molecule has 1 saturated heterocycles. The van der Waals surface area contributed by atoms with E-state index in [4.69, 9.17) is 0 Å². The molecule has 0 spiro atoms. The van der Waals surface area contributed by atoms with Gasteiger partial charge in [-0.15, -0.1) is 0 Å². The standard InChI is InChI=1S/C28H36F3N3O3S/c1-4-8-21(3)33-15-13-26(14-16-33)34(19-22-9-6-10-23(17-22)20-38(36,37)5-2)27(35)32-25-12-7-11-24(18-25)28(29,30)31/h5-7,9-12,17-18,21,26H,2,4,8,13-16,19-20H2,1,3H3,(H,32,35). The fourth-order valence-corrected chi connectivity index (χ4v) is 5.64. The lowest BCUT2D eigenvalue weighted by atomic mass is 9.99. The summed E-state index contributed by atoms with van der Waals surface area (Å²) in [5.74, 6) is -0.200. The summed E-state index contributed by atoms with van der Waals surface area (Å²) in [5, 5.41) is 3.57. The number of anilines is 1. The number of rotatable bonds is 10. The number of hydrogen-bond acceptors (Lipinski definition) is 4. The molecule has 3 rings (SSSR count). The van der Waals surface area contributed by atoms with Crippen LogP contribution in [0.3, 0.4) is 0 Å². The van der Waals surface area contributed by atoms with Crippen LogP contribution in [-0.4, -0.2) is 49.4 Å². The summed E-state index contributed by atoms with van der Waals surface area (Å²) in [6, 6.07) is 11.4. The first kappa shape index (κ1) is 29.7. The number of nitrogens with zero attached hydrogens (tertiary/aromatic N) is 2. The van der Waals surface area contributed by atoms with Crippen LogP contribution in [0.2, 0.25) is 0 Å². The lowest BCUT2D eigenvalue weighted by Gasteiger charge is -2.40. The molecule has 2 amide bonds. The highest BCUT2D eigenvalue weighted by Gasteiger charge is 2.32. The normalized spacial score (nSPS) is 16.1. The molecule has 0 aliphatic carbocycles. The van der Waals surface area contributed by atoms with Gasteiger partial charge in [0, 0.05) is 42.8 Å². The maximum absolute atomic E-state index is 13.5. The van der Waals surface area contributed by atoms with E-state index in [1.807, 2.05) is 6.07 Å². The molecule has 1 N–H and O–H groups in total. The van der Waals surface area contributed by atoms with Crippen LogP contribution < -0.4 is 5.32 Å². The SMILES string of the molecule is C=CS(=O)(=O)Cc1cccc(CN(C(=O)Nc2cccc(C(F)(F)F)c2)C2CCN(C(C)CCC)CC2)c1. The number of sulfone groups is 1. The molecule has 1 atom stereocenters. The first-order valence-electron chi connectivity index (χ1n) is 12.8. The highest BCUT2D eigenvalue weighted by Crippen LogP contribution is 2.31. The number of halogens is 3. The smallest absolute Gasteiger partial charge is 0.317 e. The van der Waals surface area contributed by atoms with Crippen LogP contribution in [0.1, 0.15) is 56.2 Å². The lowest BCUT2D eigenvalue weighted by molar-refractivity contribution is -0.137. The quantitative estimate of drug-likeness (QED) is 0.368. The molecule has 1 aliphatic heterocycles. The van der Waals surface area contributed by atoms with Crippen LogP contribution in [0, 0.1) is 0 Å². The molecule has 2 aromatic carbocycles. The first-order valence-corrected chi connectivity index (χ1v) is 14.6. The van der Waals surface area contributed by atoms with Gasteiger partial charge in [-0.1, -0.05) is 50.3 Å². The Bertz CT molecular complexity index is 1210. The molecule has 2 aromatic rings. The Morgan fingerprint density at radius 2 is 1.82 bits per heavy atom. The molecule has 0 bridgehead atoms. The third-order valence-corrected chi connectivity index (χ3v) is 8.18. The number of nitrogens with one attached hydrogen (secondary N) is 1. The van der Waals surface area contributed by atoms with Crippen molar-refractivity contribution in [3.8, 4) is 0 Å². The molecule has 208 valence electrons. The van der Waals surface area contributed by atoms with Gasteiger partial charge >= 0.3 is 12.2 Å². The topological polar surface area (TPSA) is 69.7 Å². The summed E-state index contributed by atoms with van der Waals surface area (Å²) in [6.07, 6.45) is -0.882. The minimum Gasteiger partial charge on any atom is -0.317 e. The minimum absolute atomic E-state index is 0.0645. The van der Waals surface area contributed by atoms with E-state index in [2.05, 4.69) is 30.6 Å². The predicted octanol–water partition coefficient (Wildman–Crippen LogP) is 6.45. The summed E-state index contributed by atoms with van der Waals surface area (Å²) in [6.45, 7) is 9.53. The zero-order valence-electron chi connectivity index (χ0n) is 21.9. The van der Waals surface area contributed by atoms with Crippen LogP contribution in [0.25, 0.3) is 0 Å². The summed E-state index contributed by atoms with van der Waals surface area (Å²) in [5.41, 5.74) is 0.539. The van der Waals surface area contributed by atoms with Crippen LogP contribution >= 0.6 is 0 Å². The number of carbonyl (C=O) groups excluding carboxylic acids is 1. The Morgan fingerprint density at radius 3 is 2.45 bits per heavy atom. The summed E-state index contributed by atoms with van der Waals surface area (Å²) >= 11 is 0. The number of benzene rings is 2. The van der Waals surface area contributed by atoms with Gasteiger partial charge in [0.25, 0.3) is 0 Å². The highest BCUT2D eigenvalue weighted by atomic mass is 32.2. The Hall–Kier alpha value is -2.85. The Balaban J connectivity index is 1.83. The van der Waals surface area contributed by atoms with Crippen LogP contribution in [0.15, 0.2) is 60.5 Å². The van der Waals surface area contributed by atoms with E-state index < -0.39 is 27.6 Å². The van der Waals surface area contributed by atoms with Crippen molar-refractivity contribution >= 4 is 21.6 Å². The van der Waals surface area contributed by atoms with Crippen LogP contribution in [-0.2, 0) is 28.3 Å². The summed E-state index contributed by atoms with van der Waals surface area (Å²) in [7, 11) is -3.46. The van der Waals surface area contributed by atoms with Crippen molar-refractivity contribution < 1.29 is 26.4 Å². The Labute approximate surface area is 223 Å². The van der Waals surface area contributed by atoms with E-state index in [-0.39, 0.29) is 24.0 Å². The van der Waals surface area contributed by atoms with Gasteiger partial charge in [0.05, 0.1) is 11.3 Å². The predicted molar refractivity (Wildman–Crippen MR) is 144 cm³/mol. The average molecular weight is 552 g/mol. The van der Waals surface area contributed by atoms with Crippen molar-refractivity contribution in [2.24, 2.45) is 0 Å². The van der Waals surface area contributed by atoms with E-state index in [0.29, 0.717) is 11.6 Å². The maximum atomic E-state index is 13.5. The molecule has 6 nitrogen and oxygen atoms in total. The van der Waals surface area contributed by atoms with Crippen LogP contribution in [0.4, 0.5) is 23.7 Å². The van der Waals surface area contributed by atoms with Gasteiger partial charge in [-0.2, -0.15) is 13.2 Å². The van der Waals surface area contributed by atoms with Crippen molar-refractivity contribution in [1.29, 1.82) is 0 Å². The van der Waals surface area contributed by atoms with E-state index in [9.17, 15) is 26.4 Å². The van der Waals surface area contributed by atoms with Gasteiger partial charge in [-0.25, -0.2) is 13.2 Å². The van der Waals surface area contributed by atoms with Crippen molar-refractivity contribution in [3.63, 3.8) is 0 Å². The second kappa shape index (κ2) is 12.8. The van der Waals surface area contributed by atoms with Crippen molar-refractivity contribution in [2.75, 3.05) is 18.4 Å². The zero-order valence-corrected chi connectivity index (χ0v) is 22.7. The number of likely N-dealkylation sites (tertiary alicyclic amines) is 1. The number of alkyl halides is 3. The van der Waals surface area contributed by atoms with E-state index in [1.165, 1.54) is 12.1 Å². The van der Waals surface area contributed by atoms with Crippen molar-refractivity contribution in [1.82, 2.24) is 9.80 Å². The minimum atomic E-state index is -4.52. The molecule has 38 heavy (non-hydrogen) atoms. The second-order valence-corrected chi connectivity index (χ2v) is 11.8. The zero-order chi connectivity index (χ0) is 27.9. The molecular formula is C28H36F3N3O3S. The number of amides is 2. The molecule has 0 radical (unpaired) electrons. The van der Waals surface area contributed by atoms with Crippen molar-refractivity contribution in [3.05, 3.63) is 77.2 Å².